The SMILES string of the molecule is CCCN(CC(=O)Nc1ccccc1C)C(=O)COC(=O)CSc1ccc(Br)cc1. The van der Waals surface area contributed by atoms with Crippen molar-refractivity contribution in [3.05, 3.63) is 58.6 Å². The highest BCUT2D eigenvalue weighted by Crippen LogP contribution is 2.20. The number of thioether (sulfide) groups is 1. The van der Waals surface area contributed by atoms with Crippen LogP contribution in [-0.2, 0) is 19.1 Å². The number of carbonyl (C=O) groups excluding carboxylic acids is 3. The number of halogens is 1. The molecule has 0 saturated carbocycles. The van der Waals surface area contributed by atoms with E-state index in [9.17, 15) is 14.4 Å². The van der Waals surface area contributed by atoms with Crippen molar-refractivity contribution in [1.29, 1.82) is 0 Å². The summed E-state index contributed by atoms with van der Waals surface area (Å²) in [6.45, 7) is 3.76. The lowest BCUT2D eigenvalue weighted by molar-refractivity contribution is -0.150. The van der Waals surface area contributed by atoms with Gasteiger partial charge in [0.05, 0.1) is 12.3 Å². The minimum absolute atomic E-state index is 0.0911. The summed E-state index contributed by atoms with van der Waals surface area (Å²) in [6, 6.07) is 15.0. The zero-order valence-electron chi connectivity index (χ0n) is 17.0. The van der Waals surface area contributed by atoms with Gasteiger partial charge in [-0.1, -0.05) is 41.1 Å². The Morgan fingerprint density at radius 1 is 1.10 bits per heavy atom. The first-order chi connectivity index (χ1) is 14.4. The minimum atomic E-state index is -0.475. The van der Waals surface area contributed by atoms with Crippen LogP contribution in [-0.4, -0.2) is 48.1 Å². The van der Waals surface area contributed by atoms with Crippen molar-refractivity contribution in [3.8, 4) is 0 Å². The molecule has 2 aromatic carbocycles. The smallest absolute Gasteiger partial charge is 0.316 e. The summed E-state index contributed by atoms with van der Waals surface area (Å²) in [5.74, 6) is -1.05. The van der Waals surface area contributed by atoms with E-state index < -0.39 is 11.9 Å². The molecule has 0 heterocycles. The van der Waals surface area contributed by atoms with Gasteiger partial charge in [0.1, 0.15) is 0 Å². The highest BCUT2D eigenvalue weighted by atomic mass is 79.9. The van der Waals surface area contributed by atoms with Gasteiger partial charge in [0.2, 0.25) is 5.91 Å². The van der Waals surface area contributed by atoms with E-state index in [1.165, 1.54) is 16.7 Å². The Labute approximate surface area is 189 Å². The predicted molar refractivity (Wildman–Crippen MR) is 123 cm³/mol. The third kappa shape index (κ3) is 8.20. The molecule has 0 saturated heterocycles. The lowest BCUT2D eigenvalue weighted by Crippen LogP contribution is -2.41. The first-order valence-electron chi connectivity index (χ1n) is 9.56. The number of nitrogens with one attached hydrogen (secondary N) is 1. The zero-order valence-corrected chi connectivity index (χ0v) is 19.4. The van der Waals surface area contributed by atoms with Gasteiger partial charge in [0.15, 0.2) is 6.61 Å². The van der Waals surface area contributed by atoms with E-state index in [1.807, 2.05) is 62.4 Å². The molecule has 0 atom stereocenters. The van der Waals surface area contributed by atoms with Gasteiger partial charge >= 0.3 is 5.97 Å². The largest absolute Gasteiger partial charge is 0.455 e. The highest BCUT2D eigenvalue weighted by molar-refractivity contribution is 9.10. The number of hydrogen-bond donors (Lipinski definition) is 1. The summed E-state index contributed by atoms with van der Waals surface area (Å²) >= 11 is 4.70. The number of benzene rings is 2. The van der Waals surface area contributed by atoms with Crippen molar-refractivity contribution in [3.63, 3.8) is 0 Å². The van der Waals surface area contributed by atoms with Crippen LogP contribution in [0.15, 0.2) is 57.9 Å². The van der Waals surface area contributed by atoms with Crippen LogP contribution in [0.25, 0.3) is 0 Å². The van der Waals surface area contributed by atoms with Crippen LogP contribution in [0.4, 0.5) is 5.69 Å². The molecule has 0 aliphatic rings. The molecule has 0 spiro atoms. The van der Waals surface area contributed by atoms with E-state index in [0.717, 1.165) is 14.9 Å². The number of aryl methyl sites for hydroxylation is 1. The third-order valence-corrected chi connectivity index (χ3v) is 5.64. The Hall–Kier alpha value is -2.32. The molecule has 0 fully saturated rings. The average molecular weight is 493 g/mol. The lowest BCUT2D eigenvalue weighted by Gasteiger charge is -2.21. The van der Waals surface area contributed by atoms with Crippen LogP contribution in [0.5, 0.6) is 0 Å². The Morgan fingerprint density at radius 2 is 1.80 bits per heavy atom. The minimum Gasteiger partial charge on any atom is -0.455 e. The van der Waals surface area contributed by atoms with Gasteiger partial charge in [0.25, 0.3) is 5.91 Å². The number of hydrogen-bond acceptors (Lipinski definition) is 5. The topological polar surface area (TPSA) is 75.7 Å². The van der Waals surface area contributed by atoms with Gasteiger partial charge in [0, 0.05) is 21.6 Å². The number of nitrogens with zero attached hydrogens (tertiary/aromatic N) is 1. The van der Waals surface area contributed by atoms with Crippen LogP contribution in [0, 0.1) is 6.92 Å². The molecule has 160 valence electrons. The van der Waals surface area contributed by atoms with Crippen molar-refractivity contribution in [2.45, 2.75) is 25.2 Å². The number of esters is 1. The van der Waals surface area contributed by atoms with Gasteiger partial charge in [-0.15, -0.1) is 11.8 Å². The summed E-state index contributed by atoms with van der Waals surface area (Å²) in [4.78, 5) is 39.1. The van der Waals surface area contributed by atoms with Crippen LogP contribution in [0.2, 0.25) is 0 Å². The molecule has 0 bridgehead atoms. The van der Waals surface area contributed by atoms with Crippen LogP contribution in [0.1, 0.15) is 18.9 Å². The average Bonchev–Trinajstić information content (AvgIpc) is 2.73. The molecule has 2 rings (SSSR count). The van der Waals surface area contributed by atoms with Gasteiger partial charge in [-0.3, -0.25) is 14.4 Å². The quantitative estimate of drug-likeness (QED) is 0.395. The number of anilines is 1. The second-order valence-electron chi connectivity index (χ2n) is 6.58. The maximum Gasteiger partial charge on any atom is 0.316 e. The number of para-hydroxylation sites is 1. The molecule has 2 aromatic rings. The molecule has 0 radical (unpaired) electrons. The standard InChI is InChI=1S/C22H25BrN2O4S/c1-3-12-25(13-20(26)24-19-7-5-4-6-16(19)2)21(27)14-29-22(28)15-30-18-10-8-17(23)9-11-18/h4-11H,3,12-15H2,1-2H3,(H,24,26). The van der Waals surface area contributed by atoms with Crippen molar-refractivity contribution in [2.75, 3.05) is 30.8 Å². The second kappa shape index (κ2) is 12.4. The fourth-order valence-electron chi connectivity index (χ4n) is 2.59. The lowest BCUT2D eigenvalue weighted by atomic mass is 10.2. The number of carbonyl (C=O) groups is 3. The van der Waals surface area contributed by atoms with Crippen LogP contribution >= 0.6 is 27.7 Å². The van der Waals surface area contributed by atoms with E-state index in [-0.39, 0.29) is 24.8 Å². The molecule has 2 amide bonds. The second-order valence-corrected chi connectivity index (χ2v) is 8.55. The third-order valence-electron chi connectivity index (χ3n) is 4.13. The number of rotatable bonds is 10. The zero-order chi connectivity index (χ0) is 21.9. The van der Waals surface area contributed by atoms with Crippen molar-refractivity contribution >= 4 is 51.2 Å². The fourth-order valence-corrected chi connectivity index (χ4v) is 3.55. The Kier molecular flexibility index (Phi) is 9.89. The molecule has 6 nitrogen and oxygen atoms in total. The number of amides is 2. The van der Waals surface area contributed by atoms with Crippen molar-refractivity contribution < 1.29 is 19.1 Å². The maximum atomic E-state index is 12.5. The Balaban J connectivity index is 1.80. The molecule has 0 unspecified atom stereocenters. The Morgan fingerprint density at radius 3 is 2.47 bits per heavy atom. The molecule has 0 aliphatic heterocycles. The fraction of sp³-hybridized carbons (Fsp3) is 0.318. The van der Waals surface area contributed by atoms with Gasteiger partial charge in [-0.2, -0.15) is 0 Å². The molecular formula is C22H25BrN2O4S. The van der Waals surface area contributed by atoms with Crippen LogP contribution < -0.4 is 5.32 Å². The molecule has 0 aliphatic carbocycles. The van der Waals surface area contributed by atoms with E-state index in [0.29, 0.717) is 18.7 Å². The first kappa shape index (κ1) is 24.0. The van der Waals surface area contributed by atoms with E-state index in [2.05, 4.69) is 21.2 Å². The Bertz CT molecular complexity index is 874. The summed E-state index contributed by atoms with van der Waals surface area (Å²) < 4.78 is 6.06. The summed E-state index contributed by atoms with van der Waals surface area (Å²) in [5, 5.41) is 2.81. The van der Waals surface area contributed by atoms with Crippen molar-refractivity contribution in [2.24, 2.45) is 0 Å². The summed E-state index contributed by atoms with van der Waals surface area (Å²) in [7, 11) is 0. The molecule has 8 heteroatoms. The van der Waals surface area contributed by atoms with E-state index in [1.54, 1.807) is 0 Å². The highest BCUT2D eigenvalue weighted by Gasteiger charge is 2.18. The molecule has 1 N–H and O–H groups in total. The van der Waals surface area contributed by atoms with Gasteiger partial charge in [-0.05, 0) is 49.2 Å². The summed E-state index contributed by atoms with van der Waals surface area (Å²) in [6.07, 6.45) is 0.691. The van der Waals surface area contributed by atoms with Crippen molar-refractivity contribution in [1.82, 2.24) is 4.90 Å². The monoisotopic (exact) mass is 492 g/mol. The summed E-state index contributed by atoms with van der Waals surface area (Å²) in [5.41, 5.74) is 1.65. The van der Waals surface area contributed by atoms with Gasteiger partial charge in [-0.25, -0.2) is 0 Å². The molecule has 0 aromatic heterocycles. The van der Waals surface area contributed by atoms with E-state index in [4.69, 9.17) is 4.74 Å². The molecule has 30 heavy (non-hydrogen) atoms. The van der Waals surface area contributed by atoms with E-state index >= 15 is 0 Å². The number of ether oxygens (including phenoxy) is 1. The normalized spacial score (nSPS) is 10.4. The van der Waals surface area contributed by atoms with Gasteiger partial charge < -0.3 is 15.0 Å². The molecular weight excluding hydrogens is 468 g/mol. The first-order valence-corrected chi connectivity index (χ1v) is 11.3. The van der Waals surface area contributed by atoms with Crippen LogP contribution in [0.3, 0.4) is 0 Å². The maximum absolute atomic E-state index is 12.5. The predicted octanol–water partition coefficient (Wildman–Crippen LogP) is 4.27.